The van der Waals surface area contributed by atoms with Crippen molar-refractivity contribution in [3.05, 3.63) is 0 Å². The van der Waals surface area contributed by atoms with Gasteiger partial charge < -0.3 is 0 Å². The summed E-state index contributed by atoms with van der Waals surface area (Å²) >= 11 is 0. The van der Waals surface area contributed by atoms with Crippen molar-refractivity contribution < 1.29 is 0 Å². The van der Waals surface area contributed by atoms with Gasteiger partial charge in [0.25, 0.3) is 0 Å². The lowest BCUT2D eigenvalue weighted by molar-refractivity contribution is 1.47. The van der Waals surface area contributed by atoms with E-state index >= 15 is 0 Å². The van der Waals surface area contributed by atoms with Crippen molar-refractivity contribution in [3.8, 4) is 0 Å². The smallest absolute Gasteiger partial charge is 0.0831 e. The minimum absolute atomic E-state index is 0. The zero-order valence-corrected chi connectivity index (χ0v) is 3.00. The van der Waals surface area contributed by atoms with Crippen LogP contribution in [0.25, 0.3) is 0 Å². The molecular weight excluding hydrogens is 68.1 g/mol. The quantitative estimate of drug-likeness (QED) is 0.296. The summed E-state index contributed by atoms with van der Waals surface area (Å²) in [5, 5.41) is 11.2. The molecular formula is CH2N2Si. The zero-order chi connectivity index (χ0) is 2.71. The van der Waals surface area contributed by atoms with Crippen molar-refractivity contribution in [1.82, 2.24) is 0 Å². The van der Waals surface area contributed by atoms with E-state index in [1.165, 1.54) is 6.01 Å². The maximum atomic E-state index is 5.62. The molecule has 0 bridgehead atoms. The molecule has 4 heavy (non-hydrogen) atoms. The van der Waals surface area contributed by atoms with Crippen LogP contribution in [0.4, 0.5) is 0 Å². The lowest BCUT2D eigenvalue weighted by Gasteiger charge is -1.09. The van der Waals surface area contributed by atoms with Crippen molar-refractivity contribution in [3.63, 3.8) is 0 Å². The highest BCUT2D eigenvalue weighted by Crippen LogP contribution is 0.920. The first-order valence-corrected chi connectivity index (χ1v) is 0.500. The lowest BCUT2D eigenvalue weighted by Crippen LogP contribution is -1.11. The van der Waals surface area contributed by atoms with Gasteiger partial charge in [0.2, 0.25) is 0 Å². The number of hydrogen-bond acceptors (Lipinski definition) is 2. The topological polar surface area (TPSA) is 47.7 Å². The molecule has 3 heteroatoms. The average Bonchev–Trinajstić information content (AvgIpc) is 0.918. The van der Waals surface area contributed by atoms with E-state index in [1.807, 2.05) is 0 Å². The van der Waals surface area contributed by atoms with Crippen LogP contribution in [0.3, 0.4) is 0 Å². The van der Waals surface area contributed by atoms with Crippen molar-refractivity contribution in [2.45, 2.75) is 0 Å². The summed E-state index contributed by atoms with van der Waals surface area (Å²) in [5.74, 6) is 0. The molecule has 0 aliphatic rings. The van der Waals surface area contributed by atoms with Crippen molar-refractivity contribution >= 4 is 17.0 Å². The molecule has 0 spiro atoms. The highest BCUT2D eigenvalue weighted by molar-refractivity contribution is 5.75. The van der Waals surface area contributed by atoms with Crippen LogP contribution >= 0.6 is 0 Å². The fourth-order valence-corrected chi connectivity index (χ4v) is 0. The molecule has 0 atom stereocenters. The van der Waals surface area contributed by atoms with Gasteiger partial charge in [0.15, 0.2) is 0 Å². The Balaban J connectivity index is 0. The van der Waals surface area contributed by atoms with Crippen molar-refractivity contribution in [1.29, 1.82) is 10.8 Å². The summed E-state index contributed by atoms with van der Waals surface area (Å²) in [5.41, 5.74) is 0. The molecule has 0 unspecified atom stereocenters. The van der Waals surface area contributed by atoms with Crippen molar-refractivity contribution in [2.75, 3.05) is 0 Å². The summed E-state index contributed by atoms with van der Waals surface area (Å²) < 4.78 is 0. The summed E-state index contributed by atoms with van der Waals surface area (Å²) in [6.45, 7) is 0. The van der Waals surface area contributed by atoms with E-state index in [-0.39, 0.29) is 11.0 Å². The van der Waals surface area contributed by atoms with Gasteiger partial charge in [-0.05, 0) is 0 Å². The Kier molecular flexibility index (Phi) is 44.2. The van der Waals surface area contributed by atoms with Gasteiger partial charge in [-0.15, -0.1) is 0 Å². The molecule has 0 rings (SSSR count). The Labute approximate surface area is 28.9 Å². The van der Waals surface area contributed by atoms with Crippen LogP contribution in [0, 0.1) is 10.8 Å². The van der Waals surface area contributed by atoms with Gasteiger partial charge >= 0.3 is 0 Å². The maximum absolute atomic E-state index is 5.62. The van der Waals surface area contributed by atoms with Crippen LogP contribution in [0.5, 0.6) is 0 Å². The highest BCUT2D eigenvalue weighted by atomic mass is 28.1. The monoisotopic (exact) mass is 70.0 g/mol. The normalized spacial score (nSPS) is 2.00. The van der Waals surface area contributed by atoms with Gasteiger partial charge in [-0.1, -0.05) is 0 Å². The van der Waals surface area contributed by atoms with Crippen LogP contribution in [0.15, 0.2) is 0 Å². The molecule has 0 heterocycles. The molecule has 0 amide bonds. The minimum atomic E-state index is 0. The molecule has 0 fully saturated rings. The van der Waals surface area contributed by atoms with Gasteiger partial charge in [0, 0.05) is 11.0 Å². The number of rotatable bonds is 0. The number of nitrogens with one attached hydrogen (secondary N) is 2. The first-order valence-electron chi connectivity index (χ1n) is 0.500. The summed E-state index contributed by atoms with van der Waals surface area (Å²) in [6, 6.07) is 1.25. The third-order valence-corrected chi connectivity index (χ3v) is 0. The Bertz CT molecular complexity index is 27.0. The fourth-order valence-electron chi connectivity index (χ4n) is 0. The van der Waals surface area contributed by atoms with E-state index in [9.17, 15) is 0 Å². The Hall–Kier alpha value is -0.403. The first-order chi connectivity index (χ1) is 1.41. The minimum Gasteiger partial charge on any atom is -0.242 e. The third-order valence-electron chi connectivity index (χ3n) is 0. The molecule has 0 aliphatic heterocycles. The van der Waals surface area contributed by atoms with E-state index in [2.05, 4.69) is 0 Å². The average molecular weight is 70.1 g/mol. The van der Waals surface area contributed by atoms with Gasteiger partial charge in [-0.3, -0.25) is 0 Å². The molecule has 20 valence electrons. The molecule has 0 aromatic heterocycles. The van der Waals surface area contributed by atoms with E-state index in [4.69, 9.17) is 10.8 Å². The van der Waals surface area contributed by atoms with E-state index in [0.29, 0.717) is 0 Å². The summed E-state index contributed by atoms with van der Waals surface area (Å²) in [4.78, 5) is 0. The second-order valence-electron chi connectivity index (χ2n) is 0.125. The SMILES string of the molecule is N=C=N.[Si]. The second kappa shape index (κ2) is 18.6. The van der Waals surface area contributed by atoms with Crippen LogP contribution in [-0.2, 0) is 0 Å². The highest BCUT2D eigenvalue weighted by Gasteiger charge is 0.934. The maximum Gasteiger partial charge on any atom is 0.0831 e. The largest absolute Gasteiger partial charge is 0.242 e. The van der Waals surface area contributed by atoms with E-state index in [0.717, 1.165) is 0 Å². The lowest BCUT2D eigenvalue weighted by atomic mass is 11.6. The predicted molar refractivity (Wildman–Crippen MR) is 16.2 cm³/mol. The molecule has 2 N–H and O–H groups in total. The van der Waals surface area contributed by atoms with Crippen LogP contribution in [-0.4, -0.2) is 17.0 Å². The van der Waals surface area contributed by atoms with E-state index in [1.54, 1.807) is 0 Å². The van der Waals surface area contributed by atoms with Crippen LogP contribution < -0.4 is 0 Å². The third kappa shape index (κ3) is 3.50. The Morgan fingerprint density at radius 3 is 1.25 bits per heavy atom. The zero-order valence-electron chi connectivity index (χ0n) is 2.00. The van der Waals surface area contributed by atoms with Gasteiger partial charge in [-0.2, -0.15) is 0 Å². The fraction of sp³-hybridized carbons (Fsp3) is 0. The van der Waals surface area contributed by atoms with Crippen molar-refractivity contribution in [2.24, 2.45) is 0 Å². The van der Waals surface area contributed by atoms with Crippen LogP contribution in [0.2, 0.25) is 0 Å². The molecule has 2 nitrogen and oxygen atoms in total. The molecule has 0 aromatic rings. The van der Waals surface area contributed by atoms with Gasteiger partial charge in [0.05, 0.1) is 6.01 Å². The first kappa shape index (κ1) is 9.51. The molecule has 0 saturated carbocycles. The predicted octanol–water partition coefficient (Wildman–Crippen LogP) is -0.0630. The molecule has 0 aliphatic carbocycles. The number of hydrogen-bond donors (Lipinski definition) is 2. The summed E-state index contributed by atoms with van der Waals surface area (Å²) in [6.07, 6.45) is 0. The molecule has 4 radical (unpaired) electrons. The van der Waals surface area contributed by atoms with Crippen LogP contribution in [0.1, 0.15) is 0 Å². The summed E-state index contributed by atoms with van der Waals surface area (Å²) in [7, 11) is 0. The Morgan fingerprint density at radius 2 is 1.25 bits per heavy atom. The second-order valence-corrected chi connectivity index (χ2v) is 0.125. The molecule has 0 saturated heterocycles. The van der Waals surface area contributed by atoms with E-state index < -0.39 is 0 Å². The van der Waals surface area contributed by atoms with Gasteiger partial charge in [0.1, 0.15) is 0 Å². The standard InChI is InChI=1S/CH2N2.Si/c2-1-3;/h2-3H;. The molecule has 0 aromatic carbocycles. The van der Waals surface area contributed by atoms with Gasteiger partial charge in [-0.25, -0.2) is 10.8 Å². The Morgan fingerprint density at radius 1 is 1.25 bits per heavy atom.